The van der Waals surface area contributed by atoms with Crippen LogP contribution in [0.25, 0.3) is 0 Å². The van der Waals surface area contributed by atoms with Crippen LogP contribution in [0.2, 0.25) is 0 Å². The fourth-order valence-corrected chi connectivity index (χ4v) is 1.89. The molecule has 0 saturated heterocycles. The largest absolute Gasteiger partial charge is 0.380 e. The fraction of sp³-hybridized carbons (Fsp3) is 1.00. The third-order valence-corrected chi connectivity index (χ3v) is 3.77. The van der Waals surface area contributed by atoms with Crippen molar-refractivity contribution in [1.82, 2.24) is 5.32 Å². The van der Waals surface area contributed by atoms with Crippen LogP contribution in [-0.2, 0) is 14.6 Å². The Morgan fingerprint density at radius 3 is 2.47 bits per heavy atom. The topological polar surface area (TPSA) is 55.4 Å². The van der Waals surface area contributed by atoms with Crippen molar-refractivity contribution in [2.24, 2.45) is 0 Å². The molecule has 0 fully saturated rings. The summed E-state index contributed by atoms with van der Waals surface area (Å²) in [7, 11) is -2.82. The van der Waals surface area contributed by atoms with E-state index in [1.807, 2.05) is 0 Å². The van der Waals surface area contributed by atoms with Gasteiger partial charge in [-0.05, 0) is 6.42 Å². The van der Waals surface area contributed by atoms with Crippen LogP contribution in [0.1, 0.15) is 27.2 Å². The van der Waals surface area contributed by atoms with Crippen molar-refractivity contribution < 1.29 is 13.2 Å². The lowest BCUT2D eigenvalue weighted by molar-refractivity contribution is 0.135. The van der Waals surface area contributed by atoms with Crippen molar-refractivity contribution in [2.45, 2.75) is 33.2 Å². The minimum Gasteiger partial charge on any atom is -0.380 e. The number of rotatable bonds is 9. The summed E-state index contributed by atoms with van der Waals surface area (Å²) in [6.45, 7) is 7.81. The number of hydrogen-bond donors (Lipinski definition) is 1. The Morgan fingerprint density at radius 1 is 1.27 bits per heavy atom. The Balaban J connectivity index is 3.26. The summed E-state index contributed by atoms with van der Waals surface area (Å²) in [6.07, 6.45) is 0.595. The van der Waals surface area contributed by atoms with Crippen LogP contribution in [0.3, 0.4) is 0 Å². The van der Waals surface area contributed by atoms with Crippen molar-refractivity contribution in [2.75, 3.05) is 31.3 Å². The molecule has 0 rings (SSSR count). The van der Waals surface area contributed by atoms with Gasteiger partial charge < -0.3 is 10.1 Å². The number of ether oxygens (including phenoxy) is 1. The van der Waals surface area contributed by atoms with Gasteiger partial charge in [-0.15, -0.1) is 0 Å². The van der Waals surface area contributed by atoms with Crippen LogP contribution in [0, 0.1) is 0 Å². The minimum atomic E-state index is -2.82. The lowest BCUT2D eigenvalue weighted by atomic mass is 10.4. The Hall–Kier alpha value is -0.130. The molecule has 15 heavy (non-hydrogen) atoms. The fourth-order valence-electron chi connectivity index (χ4n) is 1.05. The zero-order valence-corrected chi connectivity index (χ0v) is 10.8. The predicted molar refractivity (Wildman–Crippen MR) is 62.9 cm³/mol. The van der Waals surface area contributed by atoms with E-state index in [0.29, 0.717) is 25.7 Å². The van der Waals surface area contributed by atoms with Gasteiger partial charge in [-0.1, -0.05) is 20.8 Å². The third-order valence-electron chi connectivity index (χ3n) is 1.98. The second-order valence-corrected chi connectivity index (χ2v) is 6.28. The molecule has 0 bridgehead atoms. The smallest absolute Gasteiger partial charge is 0.150 e. The van der Waals surface area contributed by atoms with Gasteiger partial charge in [0.05, 0.1) is 12.4 Å². The van der Waals surface area contributed by atoms with Crippen molar-refractivity contribution in [1.29, 1.82) is 0 Å². The van der Waals surface area contributed by atoms with E-state index in [1.54, 1.807) is 6.92 Å². The molecular formula is C10H23NO3S. The number of hydrogen-bond acceptors (Lipinski definition) is 4. The van der Waals surface area contributed by atoms with Crippen molar-refractivity contribution in [3.8, 4) is 0 Å². The molecule has 0 aliphatic heterocycles. The highest BCUT2D eigenvalue weighted by Gasteiger charge is 2.05. The lowest BCUT2D eigenvalue weighted by Crippen LogP contribution is -2.26. The van der Waals surface area contributed by atoms with Crippen LogP contribution in [-0.4, -0.2) is 45.7 Å². The van der Waals surface area contributed by atoms with E-state index in [1.165, 1.54) is 0 Å². The molecule has 0 spiro atoms. The van der Waals surface area contributed by atoms with Crippen LogP contribution in [0.5, 0.6) is 0 Å². The van der Waals surface area contributed by atoms with E-state index in [4.69, 9.17) is 4.74 Å². The Morgan fingerprint density at radius 2 is 1.93 bits per heavy atom. The molecule has 0 aromatic rings. The average Bonchev–Trinajstić information content (AvgIpc) is 2.16. The van der Waals surface area contributed by atoms with E-state index in [0.717, 1.165) is 6.54 Å². The molecule has 0 atom stereocenters. The van der Waals surface area contributed by atoms with E-state index in [2.05, 4.69) is 19.2 Å². The molecule has 0 radical (unpaired) electrons. The zero-order chi connectivity index (χ0) is 11.7. The first kappa shape index (κ1) is 14.9. The lowest BCUT2D eigenvalue weighted by Gasteiger charge is -2.08. The molecule has 1 N–H and O–H groups in total. The first-order chi connectivity index (χ1) is 6.98. The van der Waals surface area contributed by atoms with Gasteiger partial charge in [0.15, 0.2) is 0 Å². The third kappa shape index (κ3) is 10.2. The molecule has 0 aliphatic carbocycles. The van der Waals surface area contributed by atoms with Crippen molar-refractivity contribution in [3.63, 3.8) is 0 Å². The maximum atomic E-state index is 11.1. The predicted octanol–water partition coefficient (Wildman–Crippen LogP) is 0.826. The van der Waals surface area contributed by atoms with Gasteiger partial charge in [-0.3, -0.25) is 0 Å². The van der Waals surface area contributed by atoms with Crippen molar-refractivity contribution >= 4 is 9.84 Å². The maximum Gasteiger partial charge on any atom is 0.150 e. The summed E-state index contributed by atoms with van der Waals surface area (Å²) in [5, 5.41) is 3.22. The monoisotopic (exact) mass is 237 g/mol. The quantitative estimate of drug-likeness (QED) is 0.603. The molecule has 0 heterocycles. The Kier molecular flexibility index (Phi) is 8.00. The first-order valence-corrected chi connectivity index (χ1v) is 7.31. The summed E-state index contributed by atoms with van der Waals surface area (Å²) >= 11 is 0. The van der Waals surface area contributed by atoms with Gasteiger partial charge in [-0.2, -0.15) is 0 Å². The van der Waals surface area contributed by atoms with Crippen LogP contribution >= 0.6 is 0 Å². The molecule has 0 saturated carbocycles. The summed E-state index contributed by atoms with van der Waals surface area (Å²) in [6, 6.07) is 0.467. The molecule has 0 aliphatic rings. The van der Waals surface area contributed by atoms with Gasteiger partial charge in [0.1, 0.15) is 9.84 Å². The first-order valence-electron chi connectivity index (χ1n) is 5.49. The van der Waals surface area contributed by atoms with Gasteiger partial charge in [0.25, 0.3) is 0 Å². The van der Waals surface area contributed by atoms with E-state index in [-0.39, 0.29) is 11.5 Å². The number of nitrogens with one attached hydrogen (secondary N) is 1. The van der Waals surface area contributed by atoms with Crippen LogP contribution < -0.4 is 5.32 Å². The molecule has 0 aromatic carbocycles. The second kappa shape index (κ2) is 8.07. The number of sulfone groups is 1. The Bertz CT molecular complexity index is 237. The van der Waals surface area contributed by atoms with Gasteiger partial charge in [-0.25, -0.2) is 8.42 Å². The van der Waals surface area contributed by atoms with E-state index < -0.39 is 9.84 Å². The molecule has 5 heteroatoms. The molecular weight excluding hydrogens is 214 g/mol. The maximum absolute atomic E-state index is 11.1. The standard InChI is InChI=1S/C10H23NO3S/c1-4-15(12,13)9-5-7-14-8-6-11-10(2)3/h10-11H,4-9H2,1-3H3. The summed E-state index contributed by atoms with van der Waals surface area (Å²) in [5.41, 5.74) is 0. The summed E-state index contributed by atoms with van der Waals surface area (Å²) in [4.78, 5) is 0. The average molecular weight is 237 g/mol. The highest BCUT2D eigenvalue weighted by atomic mass is 32.2. The van der Waals surface area contributed by atoms with Crippen LogP contribution in [0.15, 0.2) is 0 Å². The molecule has 92 valence electrons. The van der Waals surface area contributed by atoms with Gasteiger partial charge >= 0.3 is 0 Å². The molecule has 4 nitrogen and oxygen atoms in total. The molecule has 0 amide bonds. The van der Waals surface area contributed by atoms with Gasteiger partial charge in [0.2, 0.25) is 0 Å². The summed E-state index contributed by atoms with van der Waals surface area (Å²) in [5.74, 6) is 0.461. The zero-order valence-electron chi connectivity index (χ0n) is 9.95. The Labute approximate surface area is 93.3 Å². The molecule has 0 aromatic heterocycles. The van der Waals surface area contributed by atoms with E-state index >= 15 is 0 Å². The summed E-state index contributed by atoms with van der Waals surface area (Å²) < 4.78 is 27.5. The highest BCUT2D eigenvalue weighted by molar-refractivity contribution is 7.91. The van der Waals surface area contributed by atoms with E-state index in [9.17, 15) is 8.42 Å². The van der Waals surface area contributed by atoms with Crippen molar-refractivity contribution in [3.05, 3.63) is 0 Å². The molecule has 0 unspecified atom stereocenters. The van der Waals surface area contributed by atoms with Crippen LogP contribution in [0.4, 0.5) is 0 Å². The SMILES string of the molecule is CCS(=O)(=O)CCCOCCNC(C)C. The van der Waals surface area contributed by atoms with Gasteiger partial charge in [0, 0.05) is 24.9 Å². The highest BCUT2D eigenvalue weighted by Crippen LogP contribution is 1.93. The normalized spacial score (nSPS) is 12.3. The minimum absolute atomic E-state index is 0.224. The second-order valence-electron chi connectivity index (χ2n) is 3.81.